The van der Waals surface area contributed by atoms with E-state index in [1.807, 2.05) is 4.90 Å². The third-order valence-electron chi connectivity index (χ3n) is 4.69. The zero-order chi connectivity index (χ0) is 16.2. The second-order valence-corrected chi connectivity index (χ2v) is 6.13. The number of aromatic nitrogens is 2. The van der Waals surface area contributed by atoms with Crippen LogP contribution in [0.15, 0.2) is 12.4 Å². The number of carbonyl (C=O) groups excluding carboxylic acids is 1. The molecule has 0 aliphatic carbocycles. The van der Waals surface area contributed by atoms with E-state index >= 15 is 0 Å². The molecule has 1 amide bonds. The topological polar surface area (TPSA) is 67.8 Å². The lowest BCUT2D eigenvalue weighted by Gasteiger charge is -2.43. The molecule has 1 unspecified atom stereocenters. The van der Waals surface area contributed by atoms with Gasteiger partial charge in [0.2, 0.25) is 5.82 Å². The van der Waals surface area contributed by atoms with Crippen molar-refractivity contribution in [2.45, 2.75) is 31.8 Å². The van der Waals surface area contributed by atoms with Crippen molar-refractivity contribution in [3.05, 3.63) is 18.2 Å². The number of hydrogen-bond donors (Lipinski definition) is 0. The molecule has 0 saturated carbocycles. The number of amides is 1. The van der Waals surface area contributed by atoms with Crippen molar-refractivity contribution in [3.8, 4) is 5.75 Å². The van der Waals surface area contributed by atoms with Gasteiger partial charge in [0.05, 0.1) is 32.7 Å². The number of hydrogen-bond acceptors (Lipinski definition) is 6. The highest BCUT2D eigenvalue weighted by molar-refractivity contribution is 5.90. The van der Waals surface area contributed by atoms with Gasteiger partial charge in [0, 0.05) is 31.7 Å². The Balaban J connectivity index is 1.56. The first-order chi connectivity index (χ1) is 11.2. The van der Waals surface area contributed by atoms with Crippen molar-refractivity contribution < 1.29 is 14.3 Å². The van der Waals surface area contributed by atoms with Crippen molar-refractivity contribution in [1.29, 1.82) is 0 Å². The summed E-state index contributed by atoms with van der Waals surface area (Å²) >= 11 is 0. The molecule has 1 aromatic rings. The molecule has 126 valence electrons. The highest BCUT2D eigenvalue weighted by Gasteiger charge is 2.31. The normalized spacial score (nSPS) is 23.7. The first-order valence-electron chi connectivity index (χ1n) is 8.18. The Morgan fingerprint density at radius 1 is 1.26 bits per heavy atom. The summed E-state index contributed by atoms with van der Waals surface area (Å²) in [5.74, 6) is 0.701. The molecule has 7 heteroatoms. The highest BCUT2D eigenvalue weighted by Crippen LogP contribution is 2.21. The summed E-state index contributed by atoms with van der Waals surface area (Å²) < 4.78 is 10.5. The lowest BCUT2D eigenvalue weighted by Crippen LogP contribution is -2.53. The highest BCUT2D eigenvalue weighted by atomic mass is 16.5. The van der Waals surface area contributed by atoms with E-state index in [0.717, 1.165) is 45.7 Å². The van der Waals surface area contributed by atoms with Gasteiger partial charge in [0.1, 0.15) is 0 Å². The van der Waals surface area contributed by atoms with E-state index in [2.05, 4.69) is 21.8 Å². The largest absolute Gasteiger partial charge is 0.494 e. The van der Waals surface area contributed by atoms with Crippen LogP contribution in [-0.2, 0) is 4.74 Å². The molecule has 3 rings (SSSR count). The number of methoxy groups -OCH3 is 1. The number of carbonyl (C=O) groups is 1. The van der Waals surface area contributed by atoms with Crippen LogP contribution in [0.1, 0.15) is 30.4 Å². The molecule has 2 aliphatic rings. The third kappa shape index (κ3) is 3.61. The van der Waals surface area contributed by atoms with Crippen molar-refractivity contribution in [2.75, 3.05) is 40.0 Å². The van der Waals surface area contributed by atoms with Crippen LogP contribution in [0.25, 0.3) is 0 Å². The predicted octanol–water partition coefficient (Wildman–Crippen LogP) is 0.810. The third-order valence-corrected chi connectivity index (χ3v) is 4.69. The smallest absolute Gasteiger partial charge is 0.291 e. The maximum Gasteiger partial charge on any atom is 0.291 e. The molecule has 0 bridgehead atoms. The zero-order valence-electron chi connectivity index (χ0n) is 13.8. The molecule has 3 heterocycles. The molecular weight excluding hydrogens is 296 g/mol. The second kappa shape index (κ2) is 7.23. The van der Waals surface area contributed by atoms with Crippen molar-refractivity contribution >= 4 is 5.91 Å². The van der Waals surface area contributed by atoms with Gasteiger partial charge in [-0.1, -0.05) is 0 Å². The van der Waals surface area contributed by atoms with Crippen LogP contribution in [0.3, 0.4) is 0 Å². The van der Waals surface area contributed by atoms with E-state index in [0.29, 0.717) is 17.8 Å². The molecule has 0 aromatic carbocycles. The summed E-state index contributed by atoms with van der Waals surface area (Å²) in [5, 5.41) is 0. The number of morpholine rings is 1. The van der Waals surface area contributed by atoms with E-state index in [9.17, 15) is 4.79 Å². The van der Waals surface area contributed by atoms with Gasteiger partial charge in [-0.2, -0.15) is 0 Å². The van der Waals surface area contributed by atoms with Crippen LogP contribution in [0, 0.1) is 0 Å². The minimum atomic E-state index is -0.0962. The summed E-state index contributed by atoms with van der Waals surface area (Å²) in [6.45, 7) is 6.32. The number of rotatable bonds is 3. The van der Waals surface area contributed by atoms with E-state index in [-0.39, 0.29) is 11.7 Å². The maximum absolute atomic E-state index is 12.5. The van der Waals surface area contributed by atoms with Crippen LogP contribution in [0.2, 0.25) is 0 Å². The average molecular weight is 320 g/mol. The van der Waals surface area contributed by atoms with Crippen molar-refractivity contribution in [1.82, 2.24) is 19.8 Å². The Kier molecular flexibility index (Phi) is 5.07. The minimum Gasteiger partial charge on any atom is -0.494 e. The van der Waals surface area contributed by atoms with Gasteiger partial charge in [-0.15, -0.1) is 0 Å². The Bertz CT molecular complexity index is 529. The second-order valence-electron chi connectivity index (χ2n) is 6.13. The molecule has 2 saturated heterocycles. The Hall–Kier alpha value is -1.73. The molecule has 2 fully saturated rings. The Morgan fingerprint density at radius 2 is 1.96 bits per heavy atom. The quantitative estimate of drug-likeness (QED) is 0.821. The van der Waals surface area contributed by atoms with E-state index < -0.39 is 0 Å². The molecule has 23 heavy (non-hydrogen) atoms. The fourth-order valence-electron chi connectivity index (χ4n) is 3.36. The van der Waals surface area contributed by atoms with Crippen LogP contribution in [-0.4, -0.2) is 77.7 Å². The monoisotopic (exact) mass is 320 g/mol. The van der Waals surface area contributed by atoms with E-state index in [1.165, 1.54) is 12.4 Å². The van der Waals surface area contributed by atoms with Crippen LogP contribution < -0.4 is 4.74 Å². The summed E-state index contributed by atoms with van der Waals surface area (Å²) in [7, 11) is 1.55. The minimum absolute atomic E-state index is 0.0962. The van der Waals surface area contributed by atoms with Crippen LogP contribution in [0.4, 0.5) is 0 Å². The van der Waals surface area contributed by atoms with Gasteiger partial charge in [0.25, 0.3) is 5.91 Å². The van der Waals surface area contributed by atoms with E-state index in [4.69, 9.17) is 9.47 Å². The molecule has 0 radical (unpaired) electrons. The van der Waals surface area contributed by atoms with Crippen LogP contribution in [0.5, 0.6) is 5.75 Å². The van der Waals surface area contributed by atoms with Crippen molar-refractivity contribution in [3.63, 3.8) is 0 Å². The summed E-state index contributed by atoms with van der Waals surface area (Å²) in [4.78, 5) is 25.0. The Morgan fingerprint density at radius 3 is 2.57 bits per heavy atom. The maximum atomic E-state index is 12.5. The molecule has 0 N–H and O–H groups in total. The molecule has 1 atom stereocenters. The van der Waals surface area contributed by atoms with Gasteiger partial charge in [-0.3, -0.25) is 9.69 Å². The first kappa shape index (κ1) is 16.1. The number of ether oxygens (including phenoxy) is 2. The molecule has 7 nitrogen and oxygen atoms in total. The number of nitrogens with zero attached hydrogens (tertiary/aromatic N) is 4. The predicted molar refractivity (Wildman–Crippen MR) is 84.5 cm³/mol. The standard InChI is InChI=1S/C16H24N4O3/c1-12-11-23-8-7-20(12)13-3-5-19(6-4-13)16(21)15-17-9-14(22-2)10-18-15/h9-10,12-13H,3-8,11H2,1-2H3. The molecular formula is C16H24N4O3. The van der Waals surface area contributed by atoms with Gasteiger partial charge in [-0.25, -0.2) is 9.97 Å². The van der Waals surface area contributed by atoms with Gasteiger partial charge in [-0.05, 0) is 19.8 Å². The summed E-state index contributed by atoms with van der Waals surface area (Å²) in [6.07, 6.45) is 5.04. The van der Waals surface area contributed by atoms with Crippen LogP contribution >= 0.6 is 0 Å². The fraction of sp³-hybridized carbons (Fsp3) is 0.688. The lowest BCUT2D eigenvalue weighted by atomic mass is 10.0. The van der Waals surface area contributed by atoms with Crippen molar-refractivity contribution in [2.24, 2.45) is 0 Å². The number of likely N-dealkylation sites (tertiary alicyclic amines) is 1. The first-order valence-corrected chi connectivity index (χ1v) is 8.18. The summed E-state index contributed by atoms with van der Waals surface area (Å²) in [5.41, 5.74) is 0. The zero-order valence-corrected chi connectivity index (χ0v) is 13.8. The van der Waals surface area contributed by atoms with Gasteiger partial charge in [0.15, 0.2) is 5.75 Å². The lowest BCUT2D eigenvalue weighted by molar-refractivity contribution is -0.0336. The SMILES string of the molecule is COc1cnc(C(=O)N2CCC(N3CCOCC3C)CC2)nc1. The van der Waals surface area contributed by atoms with Gasteiger partial charge >= 0.3 is 0 Å². The molecule has 1 aromatic heterocycles. The average Bonchev–Trinajstić information content (AvgIpc) is 2.62. The Labute approximate surface area is 136 Å². The summed E-state index contributed by atoms with van der Waals surface area (Å²) in [6, 6.07) is 0.996. The number of piperidine rings is 1. The molecule has 0 spiro atoms. The van der Waals surface area contributed by atoms with E-state index in [1.54, 1.807) is 7.11 Å². The molecule has 2 aliphatic heterocycles. The van der Waals surface area contributed by atoms with Gasteiger partial charge < -0.3 is 14.4 Å². The fourth-order valence-corrected chi connectivity index (χ4v) is 3.36.